The van der Waals surface area contributed by atoms with Gasteiger partial charge in [-0.05, 0) is 62.7 Å². The van der Waals surface area contributed by atoms with Crippen molar-refractivity contribution >= 4 is 11.8 Å². The van der Waals surface area contributed by atoms with E-state index in [2.05, 4.69) is 11.0 Å². The molecule has 2 amide bonds. The molecular weight excluding hydrogens is 314 g/mol. The molecule has 4 aliphatic carbocycles. The van der Waals surface area contributed by atoms with Gasteiger partial charge in [-0.1, -0.05) is 0 Å². The lowest BCUT2D eigenvalue weighted by atomic mass is 9.52. The van der Waals surface area contributed by atoms with E-state index in [1.807, 2.05) is 7.05 Å². The van der Waals surface area contributed by atoms with Crippen LogP contribution < -0.4 is 0 Å². The molecule has 4 saturated carbocycles. The molecule has 0 aromatic rings. The van der Waals surface area contributed by atoms with Crippen LogP contribution in [-0.4, -0.2) is 47.3 Å². The van der Waals surface area contributed by atoms with E-state index in [9.17, 15) is 9.59 Å². The average molecular weight is 343 g/mol. The van der Waals surface area contributed by atoms with Crippen molar-refractivity contribution in [3.8, 4) is 6.07 Å². The van der Waals surface area contributed by atoms with Crippen LogP contribution in [0.5, 0.6) is 0 Å². The highest BCUT2D eigenvalue weighted by Crippen LogP contribution is 2.58. The monoisotopic (exact) mass is 343 g/mol. The van der Waals surface area contributed by atoms with Gasteiger partial charge in [-0.2, -0.15) is 5.26 Å². The highest BCUT2D eigenvalue weighted by Gasteiger charge is 2.55. The van der Waals surface area contributed by atoms with E-state index in [1.165, 1.54) is 19.3 Å². The van der Waals surface area contributed by atoms with Crippen LogP contribution in [0.3, 0.4) is 0 Å². The normalized spacial score (nSPS) is 39.4. The third kappa shape index (κ3) is 2.94. The largest absolute Gasteiger partial charge is 0.346 e. The predicted molar refractivity (Wildman–Crippen MR) is 93.2 cm³/mol. The first-order chi connectivity index (χ1) is 12.0. The second-order valence-corrected chi connectivity index (χ2v) is 9.04. The summed E-state index contributed by atoms with van der Waals surface area (Å²) in [5.74, 6) is 2.35. The lowest BCUT2D eigenvalue weighted by Crippen LogP contribution is -2.63. The van der Waals surface area contributed by atoms with Crippen LogP contribution in [0.1, 0.15) is 57.8 Å². The van der Waals surface area contributed by atoms with Gasteiger partial charge in [0.1, 0.15) is 0 Å². The van der Waals surface area contributed by atoms with Gasteiger partial charge in [0.05, 0.1) is 12.5 Å². The van der Waals surface area contributed by atoms with Crippen LogP contribution in [0.15, 0.2) is 0 Å². The molecule has 1 aliphatic heterocycles. The molecular formula is C20H29N3O2. The van der Waals surface area contributed by atoms with Gasteiger partial charge in [0.15, 0.2) is 0 Å². The van der Waals surface area contributed by atoms with Crippen molar-refractivity contribution < 1.29 is 9.59 Å². The Morgan fingerprint density at radius 3 is 2.36 bits per heavy atom. The van der Waals surface area contributed by atoms with E-state index in [4.69, 9.17) is 5.26 Å². The molecule has 5 fully saturated rings. The second kappa shape index (κ2) is 6.30. The first-order valence-corrected chi connectivity index (χ1v) is 9.93. The molecule has 1 atom stereocenters. The Balaban J connectivity index is 1.57. The van der Waals surface area contributed by atoms with Crippen LogP contribution in [0.25, 0.3) is 0 Å². The third-order valence-electron chi connectivity index (χ3n) is 7.30. The number of nitriles is 1. The summed E-state index contributed by atoms with van der Waals surface area (Å²) in [4.78, 5) is 29.3. The second-order valence-electron chi connectivity index (χ2n) is 9.04. The Labute approximate surface area is 150 Å². The van der Waals surface area contributed by atoms with Crippen molar-refractivity contribution in [2.24, 2.45) is 23.7 Å². The van der Waals surface area contributed by atoms with E-state index >= 15 is 0 Å². The number of piperidine rings is 1. The van der Waals surface area contributed by atoms with Crippen LogP contribution in [0, 0.1) is 35.0 Å². The van der Waals surface area contributed by atoms with Crippen LogP contribution in [0.2, 0.25) is 0 Å². The maximum Gasteiger partial charge on any atom is 0.226 e. The summed E-state index contributed by atoms with van der Waals surface area (Å²) >= 11 is 0. The Kier molecular flexibility index (Phi) is 4.25. The number of hydrogen-bond donors (Lipinski definition) is 0. The van der Waals surface area contributed by atoms with E-state index in [0.717, 1.165) is 43.4 Å². The first-order valence-electron chi connectivity index (χ1n) is 9.93. The van der Waals surface area contributed by atoms with E-state index in [-0.39, 0.29) is 23.3 Å². The van der Waals surface area contributed by atoms with Crippen molar-refractivity contribution in [2.75, 3.05) is 20.1 Å². The molecule has 1 heterocycles. The zero-order valence-electron chi connectivity index (χ0n) is 15.2. The first kappa shape index (κ1) is 16.9. The van der Waals surface area contributed by atoms with E-state index in [0.29, 0.717) is 25.9 Å². The summed E-state index contributed by atoms with van der Waals surface area (Å²) in [7, 11) is 1.82. The van der Waals surface area contributed by atoms with Gasteiger partial charge in [-0.3, -0.25) is 9.59 Å². The SMILES string of the molecule is CN1CCC(C(=O)N(CCC#N)C23CC4CC(CC(C4)C2)C3)CC1=O. The minimum atomic E-state index is -0.185. The molecule has 0 spiro atoms. The van der Waals surface area contributed by atoms with Crippen molar-refractivity contribution in [2.45, 2.75) is 63.3 Å². The highest BCUT2D eigenvalue weighted by molar-refractivity contribution is 5.87. The zero-order valence-corrected chi connectivity index (χ0v) is 15.2. The van der Waals surface area contributed by atoms with Crippen molar-refractivity contribution in [1.29, 1.82) is 5.26 Å². The smallest absolute Gasteiger partial charge is 0.226 e. The Bertz CT molecular complexity index is 573. The molecule has 5 aliphatic rings. The van der Waals surface area contributed by atoms with Crippen molar-refractivity contribution in [3.05, 3.63) is 0 Å². The third-order valence-corrected chi connectivity index (χ3v) is 7.30. The molecule has 0 N–H and O–H groups in total. The molecule has 25 heavy (non-hydrogen) atoms. The fraction of sp³-hybridized carbons (Fsp3) is 0.850. The summed E-state index contributed by atoms with van der Waals surface area (Å²) < 4.78 is 0. The topological polar surface area (TPSA) is 64.4 Å². The standard InChI is InChI=1S/C20H29N3O2/c1-22-6-3-17(10-18(22)24)19(25)23(5-2-4-21)20-11-14-7-15(12-20)9-16(8-14)13-20/h14-17H,2-3,5-13H2,1H3. The van der Waals surface area contributed by atoms with Gasteiger partial charge >= 0.3 is 0 Å². The molecule has 0 radical (unpaired) electrons. The van der Waals surface area contributed by atoms with Crippen LogP contribution in [-0.2, 0) is 9.59 Å². The number of nitrogens with zero attached hydrogens (tertiary/aromatic N) is 3. The van der Waals surface area contributed by atoms with E-state index in [1.54, 1.807) is 4.90 Å². The molecule has 5 rings (SSSR count). The molecule has 1 saturated heterocycles. The number of carbonyl (C=O) groups is 2. The Morgan fingerprint density at radius 2 is 1.84 bits per heavy atom. The fourth-order valence-corrected chi connectivity index (χ4v) is 6.51. The maximum absolute atomic E-state index is 13.4. The van der Waals surface area contributed by atoms with Crippen LogP contribution in [0.4, 0.5) is 0 Å². The Morgan fingerprint density at radius 1 is 1.24 bits per heavy atom. The quantitative estimate of drug-likeness (QED) is 0.788. The maximum atomic E-state index is 13.4. The lowest BCUT2D eigenvalue weighted by Gasteiger charge is -2.61. The summed E-state index contributed by atoms with van der Waals surface area (Å²) in [6.07, 6.45) is 8.88. The number of likely N-dealkylation sites (tertiary alicyclic amines) is 1. The highest BCUT2D eigenvalue weighted by atomic mass is 16.2. The predicted octanol–water partition coefficient (Wildman–Crippen LogP) is 2.57. The van der Waals surface area contributed by atoms with Gasteiger partial charge < -0.3 is 9.80 Å². The van der Waals surface area contributed by atoms with Crippen molar-refractivity contribution in [1.82, 2.24) is 9.80 Å². The molecule has 5 heteroatoms. The van der Waals surface area contributed by atoms with Crippen molar-refractivity contribution in [3.63, 3.8) is 0 Å². The number of carbonyl (C=O) groups excluding carboxylic acids is 2. The minimum Gasteiger partial charge on any atom is -0.346 e. The fourth-order valence-electron chi connectivity index (χ4n) is 6.51. The summed E-state index contributed by atoms with van der Waals surface area (Å²) in [6, 6.07) is 2.23. The van der Waals surface area contributed by atoms with E-state index < -0.39 is 0 Å². The zero-order chi connectivity index (χ0) is 17.6. The molecule has 5 nitrogen and oxygen atoms in total. The summed E-state index contributed by atoms with van der Waals surface area (Å²) in [6.45, 7) is 1.21. The van der Waals surface area contributed by atoms with Gasteiger partial charge in [-0.25, -0.2) is 0 Å². The molecule has 1 unspecified atom stereocenters. The number of rotatable bonds is 4. The van der Waals surface area contributed by atoms with Gasteiger partial charge in [0.25, 0.3) is 0 Å². The number of amides is 2. The average Bonchev–Trinajstić information content (AvgIpc) is 2.56. The summed E-state index contributed by atoms with van der Waals surface area (Å²) in [5.41, 5.74) is -0.0188. The number of hydrogen-bond acceptors (Lipinski definition) is 3. The molecule has 136 valence electrons. The lowest BCUT2D eigenvalue weighted by molar-refractivity contribution is -0.159. The van der Waals surface area contributed by atoms with Gasteiger partial charge in [0, 0.05) is 38.0 Å². The summed E-state index contributed by atoms with van der Waals surface area (Å²) in [5, 5.41) is 9.12. The molecule has 0 aromatic carbocycles. The Hall–Kier alpha value is -1.57. The van der Waals surface area contributed by atoms with Crippen LogP contribution >= 0.6 is 0 Å². The minimum absolute atomic E-state index is 0.0188. The molecule has 4 bridgehead atoms. The van der Waals surface area contributed by atoms with Gasteiger partial charge in [0.2, 0.25) is 11.8 Å². The molecule has 0 aromatic heterocycles. The van der Waals surface area contributed by atoms with Gasteiger partial charge in [-0.15, -0.1) is 0 Å².